The van der Waals surface area contributed by atoms with Gasteiger partial charge in [-0.15, -0.1) is 0 Å². The molecule has 1 aromatic carbocycles. The summed E-state index contributed by atoms with van der Waals surface area (Å²) in [5, 5.41) is 2.29. The standard InChI is InChI=1S/C10H13FN2O3S/c1-7(13-17(2,15)16)10(14)12-9-6-4-3-5-8(9)11/h3-7,13H,1-2H3,(H,12,14). The van der Waals surface area contributed by atoms with Gasteiger partial charge in [0.15, 0.2) is 0 Å². The van der Waals surface area contributed by atoms with Gasteiger partial charge in [0.2, 0.25) is 15.9 Å². The molecule has 1 rings (SSSR count). The Hall–Kier alpha value is -1.47. The van der Waals surface area contributed by atoms with Crippen LogP contribution in [0.1, 0.15) is 6.92 Å². The highest BCUT2D eigenvalue weighted by molar-refractivity contribution is 7.88. The van der Waals surface area contributed by atoms with E-state index in [1.165, 1.54) is 25.1 Å². The zero-order valence-corrected chi connectivity index (χ0v) is 10.2. The number of carbonyl (C=O) groups is 1. The predicted octanol–water partition coefficient (Wildman–Crippen LogP) is 0.702. The molecule has 0 aliphatic heterocycles. The summed E-state index contributed by atoms with van der Waals surface area (Å²) in [5.74, 6) is -1.20. The maximum Gasteiger partial charge on any atom is 0.242 e. The van der Waals surface area contributed by atoms with Crippen LogP contribution in [0.4, 0.5) is 10.1 Å². The molecule has 0 bridgehead atoms. The normalized spacial score (nSPS) is 13.1. The van der Waals surface area contributed by atoms with Crippen LogP contribution >= 0.6 is 0 Å². The van der Waals surface area contributed by atoms with Crippen LogP contribution in [-0.2, 0) is 14.8 Å². The lowest BCUT2D eigenvalue weighted by Crippen LogP contribution is -2.41. The Morgan fingerprint density at radius 3 is 2.47 bits per heavy atom. The van der Waals surface area contributed by atoms with Crippen LogP contribution in [0.2, 0.25) is 0 Å². The first-order valence-electron chi connectivity index (χ1n) is 4.82. The van der Waals surface area contributed by atoms with E-state index in [0.717, 1.165) is 6.26 Å². The maximum atomic E-state index is 13.2. The van der Waals surface area contributed by atoms with Crippen molar-refractivity contribution in [3.63, 3.8) is 0 Å². The van der Waals surface area contributed by atoms with Crippen LogP contribution in [0.5, 0.6) is 0 Å². The van der Waals surface area contributed by atoms with E-state index in [4.69, 9.17) is 0 Å². The topological polar surface area (TPSA) is 75.3 Å². The average molecular weight is 260 g/mol. The quantitative estimate of drug-likeness (QED) is 0.837. The van der Waals surface area contributed by atoms with Gasteiger partial charge in [0.1, 0.15) is 5.82 Å². The largest absolute Gasteiger partial charge is 0.322 e. The maximum absolute atomic E-state index is 13.2. The molecule has 0 fully saturated rings. The Kier molecular flexibility index (Phi) is 4.19. The molecule has 0 aliphatic carbocycles. The summed E-state index contributed by atoms with van der Waals surface area (Å²) in [4.78, 5) is 11.5. The molecule has 0 heterocycles. The highest BCUT2D eigenvalue weighted by Gasteiger charge is 2.17. The molecule has 94 valence electrons. The molecule has 0 aromatic heterocycles. The van der Waals surface area contributed by atoms with Crippen molar-refractivity contribution in [1.82, 2.24) is 4.72 Å². The Labute approximate surface area is 99.1 Å². The minimum absolute atomic E-state index is 0.0136. The second kappa shape index (κ2) is 5.24. The average Bonchev–Trinajstić information content (AvgIpc) is 2.18. The minimum Gasteiger partial charge on any atom is -0.322 e. The Balaban J connectivity index is 2.70. The zero-order chi connectivity index (χ0) is 13.1. The number of anilines is 1. The van der Waals surface area contributed by atoms with E-state index < -0.39 is 27.8 Å². The van der Waals surface area contributed by atoms with Crippen LogP contribution in [-0.4, -0.2) is 26.6 Å². The molecule has 5 nitrogen and oxygen atoms in total. The van der Waals surface area contributed by atoms with Crippen LogP contribution in [0.3, 0.4) is 0 Å². The van der Waals surface area contributed by atoms with E-state index in [0.29, 0.717) is 0 Å². The smallest absolute Gasteiger partial charge is 0.242 e. The van der Waals surface area contributed by atoms with Crippen molar-refractivity contribution in [1.29, 1.82) is 0 Å². The van der Waals surface area contributed by atoms with Gasteiger partial charge in [0.05, 0.1) is 18.0 Å². The predicted molar refractivity (Wildman–Crippen MR) is 62.5 cm³/mol. The van der Waals surface area contributed by atoms with Crippen LogP contribution in [0.15, 0.2) is 24.3 Å². The molecule has 0 aliphatic rings. The molecule has 1 aromatic rings. The third-order valence-corrected chi connectivity index (χ3v) is 2.70. The number of nitrogens with one attached hydrogen (secondary N) is 2. The summed E-state index contributed by atoms with van der Waals surface area (Å²) < 4.78 is 37.1. The number of hydrogen-bond acceptors (Lipinski definition) is 3. The van der Waals surface area contributed by atoms with Crippen molar-refractivity contribution in [2.24, 2.45) is 0 Å². The number of para-hydroxylation sites is 1. The first kappa shape index (κ1) is 13.6. The number of rotatable bonds is 4. The van der Waals surface area contributed by atoms with Gasteiger partial charge >= 0.3 is 0 Å². The van der Waals surface area contributed by atoms with Crippen LogP contribution < -0.4 is 10.0 Å². The molecule has 0 saturated carbocycles. The Morgan fingerprint density at radius 1 is 1.35 bits per heavy atom. The SMILES string of the molecule is CC(NS(C)(=O)=O)C(=O)Nc1ccccc1F. The Morgan fingerprint density at radius 2 is 1.94 bits per heavy atom. The summed E-state index contributed by atoms with van der Waals surface area (Å²) in [6.07, 6.45) is 0.944. The molecule has 2 N–H and O–H groups in total. The minimum atomic E-state index is -3.48. The first-order chi connectivity index (χ1) is 7.79. The fourth-order valence-corrected chi connectivity index (χ4v) is 1.93. The van der Waals surface area contributed by atoms with Crippen molar-refractivity contribution in [2.75, 3.05) is 11.6 Å². The number of hydrogen-bond donors (Lipinski definition) is 2. The number of benzene rings is 1. The molecular formula is C10H13FN2O3S. The van der Waals surface area contributed by atoms with Crippen molar-refractivity contribution in [2.45, 2.75) is 13.0 Å². The highest BCUT2D eigenvalue weighted by atomic mass is 32.2. The van der Waals surface area contributed by atoms with Gasteiger partial charge in [-0.1, -0.05) is 12.1 Å². The number of sulfonamides is 1. The highest BCUT2D eigenvalue weighted by Crippen LogP contribution is 2.12. The van der Waals surface area contributed by atoms with Crippen molar-refractivity contribution in [3.8, 4) is 0 Å². The first-order valence-corrected chi connectivity index (χ1v) is 6.71. The fourth-order valence-electron chi connectivity index (χ4n) is 1.18. The number of carbonyl (C=O) groups excluding carboxylic acids is 1. The van der Waals surface area contributed by atoms with Gasteiger partial charge in [0.25, 0.3) is 0 Å². The van der Waals surface area contributed by atoms with Crippen LogP contribution in [0, 0.1) is 5.82 Å². The van der Waals surface area contributed by atoms with Crippen molar-refractivity contribution >= 4 is 21.6 Å². The van der Waals surface area contributed by atoms with Gasteiger partial charge < -0.3 is 5.32 Å². The second-order valence-electron chi connectivity index (χ2n) is 3.58. The van der Waals surface area contributed by atoms with Crippen molar-refractivity contribution in [3.05, 3.63) is 30.1 Å². The summed E-state index contributed by atoms with van der Waals surface area (Å²) >= 11 is 0. The van der Waals surface area contributed by atoms with E-state index in [9.17, 15) is 17.6 Å². The summed E-state index contributed by atoms with van der Waals surface area (Å²) in [5.41, 5.74) is 0.0136. The molecule has 17 heavy (non-hydrogen) atoms. The van der Waals surface area contributed by atoms with E-state index >= 15 is 0 Å². The molecular weight excluding hydrogens is 247 g/mol. The number of halogens is 1. The fraction of sp³-hybridized carbons (Fsp3) is 0.300. The van der Waals surface area contributed by atoms with Gasteiger partial charge in [-0.2, -0.15) is 0 Å². The molecule has 1 amide bonds. The van der Waals surface area contributed by atoms with E-state index in [2.05, 4.69) is 10.0 Å². The lowest BCUT2D eigenvalue weighted by molar-refractivity contribution is -0.117. The van der Waals surface area contributed by atoms with Crippen molar-refractivity contribution < 1.29 is 17.6 Å². The lowest BCUT2D eigenvalue weighted by Gasteiger charge is -2.12. The van der Waals surface area contributed by atoms with Crippen LogP contribution in [0.25, 0.3) is 0 Å². The van der Waals surface area contributed by atoms with E-state index in [1.807, 2.05) is 0 Å². The molecule has 1 unspecified atom stereocenters. The third-order valence-electron chi connectivity index (χ3n) is 1.92. The van der Waals surface area contributed by atoms with E-state index in [-0.39, 0.29) is 5.69 Å². The molecule has 0 spiro atoms. The monoisotopic (exact) mass is 260 g/mol. The summed E-state index contributed by atoms with van der Waals surface area (Å²) in [6.45, 7) is 1.37. The Bertz CT molecular complexity index is 516. The third kappa shape index (κ3) is 4.49. The van der Waals surface area contributed by atoms with E-state index in [1.54, 1.807) is 6.07 Å². The summed E-state index contributed by atoms with van der Waals surface area (Å²) in [7, 11) is -3.48. The van der Waals surface area contributed by atoms with Gasteiger partial charge in [-0.05, 0) is 19.1 Å². The molecule has 7 heteroatoms. The van der Waals surface area contributed by atoms with Gasteiger partial charge in [-0.25, -0.2) is 17.5 Å². The van der Waals surface area contributed by atoms with Gasteiger partial charge in [0, 0.05) is 0 Å². The van der Waals surface area contributed by atoms with Gasteiger partial charge in [-0.3, -0.25) is 4.79 Å². The number of amides is 1. The molecule has 0 radical (unpaired) electrons. The lowest BCUT2D eigenvalue weighted by atomic mass is 10.2. The second-order valence-corrected chi connectivity index (χ2v) is 5.36. The molecule has 1 atom stereocenters. The molecule has 0 saturated heterocycles. The summed E-state index contributed by atoms with van der Waals surface area (Å²) in [6, 6.07) is 4.67. The zero-order valence-electron chi connectivity index (χ0n) is 9.40.